The molecule has 2 fully saturated rings. The molecule has 0 radical (unpaired) electrons. The molecule has 27 heavy (non-hydrogen) atoms. The van der Waals surface area contributed by atoms with Crippen LogP contribution in [0, 0.1) is 0 Å². The van der Waals surface area contributed by atoms with Gasteiger partial charge in [-0.15, -0.1) is 24.0 Å². The highest BCUT2D eigenvalue weighted by Crippen LogP contribution is 2.37. The Hall–Kier alpha value is -0.450. The molecule has 0 bridgehead atoms. The maximum Gasteiger partial charge on any atom is 0.191 e. The Morgan fingerprint density at radius 2 is 2.11 bits per heavy atom. The molecule has 3 rings (SSSR count). The zero-order valence-electron chi connectivity index (χ0n) is 16.2. The highest BCUT2D eigenvalue weighted by Gasteiger charge is 2.29. The number of ether oxygens (including phenoxy) is 1. The molecule has 2 N–H and O–H groups in total. The minimum absolute atomic E-state index is 0. The predicted octanol–water partition coefficient (Wildman–Crippen LogP) is 2.59. The molecule has 0 saturated carbocycles. The number of furan rings is 1. The number of halogens is 1. The van der Waals surface area contributed by atoms with Gasteiger partial charge in [-0.1, -0.05) is 0 Å². The monoisotopic (exact) mass is 508 g/mol. The summed E-state index contributed by atoms with van der Waals surface area (Å²) in [7, 11) is 0. The van der Waals surface area contributed by atoms with Gasteiger partial charge in [0, 0.05) is 43.9 Å². The van der Waals surface area contributed by atoms with Crippen LogP contribution in [0.4, 0.5) is 0 Å². The van der Waals surface area contributed by atoms with Crippen molar-refractivity contribution in [3.8, 4) is 0 Å². The first-order valence-corrected chi connectivity index (χ1v) is 10.7. The van der Waals surface area contributed by atoms with Crippen molar-refractivity contribution in [2.75, 3.05) is 58.2 Å². The zero-order valence-corrected chi connectivity index (χ0v) is 19.4. The van der Waals surface area contributed by atoms with E-state index in [2.05, 4.69) is 34.2 Å². The van der Waals surface area contributed by atoms with Gasteiger partial charge in [-0.2, -0.15) is 11.8 Å². The van der Waals surface area contributed by atoms with Crippen LogP contribution < -0.4 is 10.6 Å². The van der Waals surface area contributed by atoms with Gasteiger partial charge in [0.05, 0.1) is 26.0 Å². The van der Waals surface area contributed by atoms with Crippen molar-refractivity contribution < 1.29 is 9.15 Å². The summed E-state index contributed by atoms with van der Waals surface area (Å²) in [6, 6.07) is 3.95. The van der Waals surface area contributed by atoms with Crippen molar-refractivity contribution >= 4 is 41.7 Å². The lowest BCUT2D eigenvalue weighted by molar-refractivity contribution is 0.0389. The van der Waals surface area contributed by atoms with E-state index in [0.717, 1.165) is 70.6 Å². The number of rotatable bonds is 8. The van der Waals surface area contributed by atoms with E-state index in [-0.39, 0.29) is 24.0 Å². The highest BCUT2D eigenvalue weighted by atomic mass is 127. The lowest BCUT2D eigenvalue weighted by atomic mass is 10.1. The first-order chi connectivity index (χ1) is 12.7. The Balaban J connectivity index is 0.00000261. The molecule has 2 aliphatic rings. The second-order valence-electron chi connectivity index (χ2n) is 7.20. The van der Waals surface area contributed by atoms with E-state index in [9.17, 15) is 0 Å². The Labute approximate surface area is 184 Å². The average Bonchev–Trinajstić information content (AvgIpc) is 3.32. The van der Waals surface area contributed by atoms with Crippen molar-refractivity contribution in [3.05, 3.63) is 24.2 Å². The number of nitrogens with zero attached hydrogens (tertiary/aromatic N) is 2. The highest BCUT2D eigenvalue weighted by molar-refractivity contribution is 14.0. The van der Waals surface area contributed by atoms with Gasteiger partial charge in [0.2, 0.25) is 0 Å². The third-order valence-electron chi connectivity index (χ3n) is 4.94. The summed E-state index contributed by atoms with van der Waals surface area (Å²) >= 11 is 2.06. The first kappa shape index (κ1) is 22.8. The van der Waals surface area contributed by atoms with Crippen LogP contribution in [0.2, 0.25) is 0 Å². The molecule has 0 spiro atoms. The van der Waals surface area contributed by atoms with Crippen LogP contribution in [0.15, 0.2) is 27.8 Å². The molecule has 2 saturated heterocycles. The van der Waals surface area contributed by atoms with E-state index in [1.165, 1.54) is 18.6 Å². The van der Waals surface area contributed by atoms with E-state index < -0.39 is 0 Å². The summed E-state index contributed by atoms with van der Waals surface area (Å²) in [5.74, 6) is 3.18. The van der Waals surface area contributed by atoms with Crippen LogP contribution in [0.5, 0.6) is 0 Å². The average molecular weight is 508 g/mol. The van der Waals surface area contributed by atoms with Gasteiger partial charge in [-0.25, -0.2) is 0 Å². The SMILES string of the molecule is CC1(CN=C(NCCc2ccco2)NCCN2CCOCC2)CCCS1.I. The topological polar surface area (TPSA) is 62.0 Å². The van der Waals surface area contributed by atoms with E-state index in [1.54, 1.807) is 6.26 Å². The molecular formula is C19H33IN4O2S. The van der Waals surface area contributed by atoms with Crippen molar-refractivity contribution in [2.24, 2.45) is 4.99 Å². The van der Waals surface area contributed by atoms with Crippen LogP contribution >= 0.6 is 35.7 Å². The molecule has 6 nitrogen and oxygen atoms in total. The molecule has 8 heteroatoms. The fourth-order valence-electron chi connectivity index (χ4n) is 3.30. The molecule has 0 aromatic carbocycles. The number of hydrogen-bond acceptors (Lipinski definition) is 5. The van der Waals surface area contributed by atoms with Crippen LogP contribution in [0.3, 0.4) is 0 Å². The molecule has 0 aliphatic carbocycles. The summed E-state index contributed by atoms with van der Waals surface area (Å²) in [4.78, 5) is 7.31. The summed E-state index contributed by atoms with van der Waals surface area (Å²) in [6.45, 7) is 9.68. The summed E-state index contributed by atoms with van der Waals surface area (Å²) in [5.41, 5.74) is 0. The van der Waals surface area contributed by atoms with E-state index >= 15 is 0 Å². The molecule has 0 amide bonds. The molecule has 1 aromatic heterocycles. The van der Waals surface area contributed by atoms with Gasteiger partial charge in [0.15, 0.2) is 5.96 Å². The van der Waals surface area contributed by atoms with Crippen LogP contribution in [0.1, 0.15) is 25.5 Å². The van der Waals surface area contributed by atoms with Gasteiger partial charge < -0.3 is 19.8 Å². The Morgan fingerprint density at radius 3 is 2.81 bits per heavy atom. The molecule has 1 unspecified atom stereocenters. The summed E-state index contributed by atoms with van der Waals surface area (Å²) in [6.07, 6.45) is 5.16. The van der Waals surface area contributed by atoms with Crippen molar-refractivity contribution in [2.45, 2.75) is 30.9 Å². The maximum atomic E-state index is 5.41. The lowest BCUT2D eigenvalue weighted by Crippen LogP contribution is -2.45. The largest absolute Gasteiger partial charge is 0.469 e. The second kappa shape index (κ2) is 12.2. The first-order valence-electron chi connectivity index (χ1n) is 9.72. The van der Waals surface area contributed by atoms with Gasteiger partial charge in [0.25, 0.3) is 0 Å². The fourth-order valence-corrected chi connectivity index (χ4v) is 4.52. The van der Waals surface area contributed by atoms with Crippen molar-refractivity contribution in [1.82, 2.24) is 15.5 Å². The van der Waals surface area contributed by atoms with Gasteiger partial charge in [-0.05, 0) is 37.7 Å². The number of morpholine rings is 1. The fraction of sp³-hybridized carbons (Fsp3) is 0.737. The molecular weight excluding hydrogens is 475 g/mol. The van der Waals surface area contributed by atoms with Crippen molar-refractivity contribution in [1.29, 1.82) is 0 Å². The third kappa shape index (κ3) is 8.21. The third-order valence-corrected chi connectivity index (χ3v) is 6.46. The number of guanidine groups is 1. The summed E-state index contributed by atoms with van der Waals surface area (Å²) < 4.78 is 11.1. The van der Waals surface area contributed by atoms with Gasteiger partial charge in [0.1, 0.15) is 5.76 Å². The number of thioether (sulfide) groups is 1. The molecule has 1 aromatic rings. The standard InChI is InChI=1S/C19H32N4O2S.HI/c1-19(6-3-15-26-19)16-22-18(20-7-5-17-4-2-12-25-17)21-8-9-23-10-13-24-14-11-23;/h2,4,12H,3,5-11,13-16H2,1H3,(H2,20,21,22);1H. The van der Waals surface area contributed by atoms with Gasteiger partial charge in [-0.3, -0.25) is 9.89 Å². The van der Waals surface area contributed by atoms with E-state index in [1.807, 2.05) is 12.1 Å². The molecule has 1 atom stereocenters. The van der Waals surface area contributed by atoms with E-state index in [0.29, 0.717) is 4.75 Å². The van der Waals surface area contributed by atoms with E-state index in [4.69, 9.17) is 14.1 Å². The predicted molar refractivity (Wildman–Crippen MR) is 123 cm³/mol. The quantitative estimate of drug-likeness (QED) is 0.320. The summed E-state index contributed by atoms with van der Waals surface area (Å²) in [5, 5.41) is 6.97. The van der Waals surface area contributed by atoms with Crippen LogP contribution in [0.25, 0.3) is 0 Å². The Bertz CT molecular complexity index is 544. The maximum absolute atomic E-state index is 5.41. The second-order valence-corrected chi connectivity index (χ2v) is 8.89. The lowest BCUT2D eigenvalue weighted by Gasteiger charge is -2.27. The molecule has 3 heterocycles. The minimum atomic E-state index is 0. The smallest absolute Gasteiger partial charge is 0.191 e. The molecule has 2 aliphatic heterocycles. The molecule has 154 valence electrons. The zero-order chi connectivity index (χ0) is 18.1. The number of aliphatic imine (C=N–C) groups is 1. The Kier molecular flexibility index (Phi) is 10.3. The minimum Gasteiger partial charge on any atom is -0.469 e. The van der Waals surface area contributed by atoms with Crippen LogP contribution in [-0.2, 0) is 11.2 Å². The Morgan fingerprint density at radius 1 is 1.30 bits per heavy atom. The van der Waals surface area contributed by atoms with Crippen LogP contribution in [-0.4, -0.2) is 73.8 Å². The number of nitrogens with one attached hydrogen (secondary N) is 2. The van der Waals surface area contributed by atoms with Crippen molar-refractivity contribution in [3.63, 3.8) is 0 Å². The normalized spacial score (nSPS) is 23.8. The number of hydrogen-bond donors (Lipinski definition) is 2. The van der Waals surface area contributed by atoms with Gasteiger partial charge >= 0.3 is 0 Å².